The Morgan fingerprint density at radius 2 is 1.73 bits per heavy atom. The summed E-state index contributed by atoms with van der Waals surface area (Å²) in [6, 6.07) is 0.298. The summed E-state index contributed by atoms with van der Waals surface area (Å²) in [5, 5.41) is 3.36. The van der Waals surface area contributed by atoms with Crippen LogP contribution in [-0.2, 0) is 14.1 Å². The zero-order chi connectivity index (χ0) is 15.4. The number of nitrogens with one attached hydrogen (secondary N) is 1. The molecule has 22 heavy (non-hydrogen) atoms. The molecule has 4 rings (SSSR count). The summed E-state index contributed by atoms with van der Waals surface area (Å²) in [6.45, 7) is 1.92. The molecule has 7 heteroatoms. The SMILES string of the molecule is Cn1c(=O)c2c(nc(C3CC3)n2C2CCNCC2)n(C)c1=O. The molecule has 1 saturated heterocycles. The molecule has 0 unspecified atom stereocenters. The van der Waals surface area contributed by atoms with E-state index in [4.69, 9.17) is 4.98 Å². The predicted octanol–water partition coefficient (Wildman–Crippen LogP) is 0.236. The Hall–Kier alpha value is -1.89. The van der Waals surface area contributed by atoms with Crippen LogP contribution in [-0.4, -0.2) is 31.8 Å². The van der Waals surface area contributed by atoms with Crippen LogP contribution in [0.25, 0.3) is 11.2 Å². The summed E-state index contributed by atoms with van der Waals surface area (Å²) in [6.07, 6.45) is 4.25. The van der Waals surface area contributed by atoms with Crippen LogP contribution in [0.15, 0.2) is 9.59 Å². The third-order valence-electron chi connectivity index (χ3n) is 4.94. The van der Waals surface area contributed by atoms with E-state index in [0.717, 1.165) is 44.6 Å². The van der Waals surface area contributed by atoms with E-state index in [1.165, 1.54) is 9.13 Å². The minimum Gasteiger partial charge on any atom is -0.319 e. The molecule has 2 aromatic heterocycles. The number of hydrogen-bond acceptors (Lipinski definition) is 4. The van der Waals surface area contributed by atoms with Crippen molar-refractivity contribution in [2.24, 2.45) is 14.1 Å². The molecule has 7 nitrogen and oxygen atoms in total. The monoisotopic (exact) mass is 303 g/mol. The second-order valence-corrected chi connectivity index (χ2v) is 6.47. The summed E-state index contributed by atoms with van der Waals surface area (Å²) in [4.78, 5) is 29.6. The second-order valence-electron chi connectivity index (χ2n) is 6.47. The van der Waals surface area contributed by atoms with Gasteiger partial charge in [0.15, 0.2) is 11.2 Å². The highest BCUT2D eigenvalue weighted by molar-refractivity contribution is 5.71. The van der Waals surface area contributed by atoms with E-state index in [1.54, 1.807) is 14.1 Å². The Balaban J connectivity index is 2.05. The lowest BCUT2D eigenvalue weighted by Crippen LogP contribution is -2.38. The zero-order valence-corrected chi connectivity index (χ0v) is 13.0. The molecule has 0 bridgehead atoms. The Labute approximate surface area is 127 Å². The Morgan fingerprint density at radius 3 is 2.36 bits per heavy atom. The van der Waals surface area contributed by atoms with E-state index in [9.17, 15) is 9.59 Å². The minimum atomic E-state index is -0.310. The van der Waals surface area contributed by atoms with Crippen LogP contribution < -0.4 is 16.6 Å². The number of piperidine rings is 1. The van der Waals surface area contributed by atoms with Crippen molar-refractivity contribution >= 4 is 11.2 Å². The van der Waals surface area contributed by atoms with E-state index >= 15 is 0 Å². The van der Waals surface area contributed by atoms with Crippen LogP contribution >= 0.6 is 0 Å². The summed E-state index contributed by atoms with van der Waals surface area (Å²) < 4.78 is 4.84. The molecule has 1 aliphatic heterocycles. The van der Waals surface area contributed by atoms with Gasteiger partial charge in [-0.1, -0.05) is 0 Å². The van der Waals surface area contributed by atoms with Gasteiger partial charge in [0.1, 0.15) is 5.82 Å². The molecule has 2 aliphatic rings. The van der Waals surface area contributed by atoms with Gasteiger partial charge < -0.3 is 9.88 Å². The van der Waals surface area contributed by atoms with Crippen molar-refractivity contribution in [3.05, 3.63) is 26.7 Å². The number of nitrogens with zero attached hydrogens (tertiary/aromatic N) is 4. The molecule has 2 aromatic rings. The van der Waals surface area contributed by atoms with Crippen LogP contribution in [0, 0.1) is 0 Å². The molecule has 118 valence electrons. The summed E-state index contributed by atoms with van der Waals surface area (Å²) >= 11 is 0. The fourth-order valence-corrected chi connectivity index (χ4v) is 3.50. The smallest absolute Gasteiger partial charge is 0.319 e. The lowest BCUT2D eigenvalue weighted by atomic mass is 10.1. The van der Waals surface area contributed by atoms with Crippen molar-refractivity contribution in [3.63, 3.8) is 0 Å². The van der Waals surface area contributed by atoms with Crippen molar-refractivity contribution in [2.75, 3.05) is 13.1 Å². The van der Waals surface area contributed by atoms with E-state index in [1.807, 2.05) is 0 Å². The minimum absolute atomic E-state index is 0.226. The quantitative estimate of drug-likeness (QED) is 0.862. The lowest BCUT2D eigenvalue weighted by Gasteiger charge is -2.26. The average molecular weight is 303 g/mol. The molecule has 0 aromatic carbocycles. The van der Waals surface area contributed by atoms with Crippen LogP contribution in [0.4, 0.5) is 0 Å². The average Bonchev–Trinajstić information content (AvgIpc) is 3.31. The fourth-order valence-electron chi connectivity index (χ4n) is 3.50. The number of rotatable bonds is 2. The fraction of sp³-hybridized carbons (Fsp3) is 0.667. The Bertz CT molecular complexity index is 849. The largest absolute Gasteiger partial charge is 0.332 e. The topological polar surface area (TPSA) is 73.8 Å². The van der Waals surface area contributed by atoms with Crippen LogP contribution in [0.5, 0.6) is 0 Å². The van der Waals surface area contributed by atoms with Gasteiger partial charge >= 0.3 is 5.69 Å². The molecule has 2 fully saturated rings. The number of fused-ring (bicyclic) bond motifs is 1. The number of hydrogen-bond donors (Lipinski definition) is 1. The van der Waals surface area contributed by atoms with Gasteiger partial charge in [-0.3, -0.25) is 13.9 Å². The second kappa shape index (κ2) is 4.81. The molecule has 0 spiro atoms. The maximum absolute atomic E-state index is 12.7. The van der Waals surface area contributed by atoms with Gasteiger partial charge in [0.05, 0.1) is 0 Å². The van der Waals surface area contributed by atoms with Crippen molar-refractivity contribution in [1.82, 2.24) is 24.0 Å². The molecular weight excluding hydrogens is 282 g/mol. The van der Waals surface area contributed by atoms with Crippen molar-refractivity contribution < 1.29 is 0 Å². The highest BCUT2D eigenvalue weighted by Gasteiger charge is 2.34. The maximum Gasteiger partial charge on any atom is 0.332 e. The van der Waals surface area contributed by atoms with Gasteiger partial charge in [-0.15, -0.1) is 0 Å². The number of aryl methyl sites for hydroxylation is 1. The normalized spacial score (nSPS) is 19.9. The Morgan fingerprint density at radius 1 is 1.05 bits per heavy atom. The Kier molecular flexibility index (Phi) is 3.00. The first-order valence-electron chi connectivity index (χ1n) is 7.98. The first kappa shape index (κ1) is 13.8. The first-order chi connectivity index (χ1) is 10.6. The molecule has 1 aliphatic carbocycles. The van der Waals surface area contributed by atoms with Gasteiger partial charge in [0.2, 0.25) is 0 Å². The highest BCUT2D eigenvalue weighted by atomic mass is 16.2. The van der Waals surface area contributed by atoms with Gasteiger partial charge in [-0.05, 0) is 38.8 Å². The van der Waals surface area contributed by atoms with Crippen molar-refractivity contribution in [1.29, 1.82) is 0 Å². The molecule has 3 heterocycles. The molecule has 1 N–H and O–H groups in total. The molecule has 0 atom stereocenters. The first-order valence-corrected chi connectivity index (χ1v) is 7.98. The van der Waals surface area contributed by atoms with Crippen molar-refractivity contribution in [2.45, 2.75) is 37.6 Å². The maximum atomic E-state index is 12.7. The number of imidazole rings is 1. The summed E-state index contributed by atoms with van der Waals surface area (Å²) in [5.74, 6) is 1.45. The predicted molar refractivity (Wildman–Crippen MR) is 83.3 cm³/mol. The zero-order valence-electron chi connectivity index (χ0n) is 13.0. The van der Waals surface area contributed by atoms with Crippen molar-refractivity contribution in [3.8, 4) is 0 Å². The van der Waals surface area contributed by atoms with Gasteiger partial charge in [-0.2, -0.15) is 0 Å². The van der Waals surface area contributed by atoms with Crippen LogP contribution in [0.2, 0.25) is 0 Å². The lowest BCUT2D eigenvalue weighted by molar-refractivity contribution is 0.366. The van der Waals surface area contributed by atoms with Crippen LogP contribution in [0.1, 0.15) is 43.5 Å². The molecule has 0 radical (unpaired) electrons. The van der Waals surface area contributed by atoms with Gasteiger partial charge in [-0.25, -0.2) is 9.78 Å². The van der Waals surface area contributed by atoms with E-state index in [0.29, 0.717) is 23.1 Å². The number of aromatic nitrogens is 4. The highest BCUT2D eigenvalue weighted by Crippen LogP contribution is 2.42. The van der Waals surface area contributed by atoms with Gasteiger partial charge in [0, 0.05) is 26.1 Å². The third-order valence-corrected chi connectivity index (χ3v) is 4.94. The molecule has 0 amide bonds. The van der Waals surface area contributed by atoms with Crippen LogP contribution in [0.3, 0.4) is 0 Å². The summed E-state index contributed by atoms with van der Waals surface area (Å²) in [5.41, 5.74) is 0.595. The molecule has 1 saturated carbocycles. The van der Waals surface area contributed by atoms with Gasteiger partial charge in [0.25, 0.3) is 5.56 Å². The van der Waals surface area contributed by atoms with E-state index in [-0.39, 0.29) is 11.2 Å². The summed E-state index contributed by atoms with van der Waals surface area (Å²) in [7, 11) is 3.24. The third kappa shape index (κ3) is 1.88. The van der Waals surface area contributed by atoms with E-state index in [2.05, 4.69) is 9.88 Å². The van der Waals surface area contributed by atoms with E-state index < -0.39 is 0 Å². The molecular formula is C15H21N5O2. The standard InChI is InChI=1S/C15H21N5O2/c1-18-13-11(14(21)19(2)15(18)22)20(10-5-7-16-8-6-10)12(17-13)9-3-4-9/h9-10,16H,3-8H2,1-2H3.